The van der Waals surface area contributed by atoms with E-state index in [2.05, 4.69) is 15.1 Å². The third kappa shape index (κ3) is 6.61. The summed E-state index contributed by atoms with van der Waals surface area (Å²) in [6.45, 7) is 2.70. The second kappa shape index (κ2) is 12.3. The molecule has 40 heavy (non-hydrogen) atoms. The van der Waals surface area contributed by atoms with Crippen LogP contribution in [0.4, 0.5) is 4.39 Å². The van der Waals surface area contributed by atoms with Crippen LogP contribution in [-0.2, 0) is 18.8 Å². The van der Waals surface area contributed by atoms with Gasteiger partial charge in [0.2, 0.25) is 0 Å². The summed E-state index contributed by atoms with van der Waals surface area (Å²) in [5.74, 6) is -1.65. The van der Waals surface area contributed by atoms with Crippen molar-refractivity contribution in [1.82, 2.24) is 19.6 Å². The number of aliphatic hydroxyl groups is 1. The Balaban J connectivity index is 1.51. The molecule has 1 fully saturated rings. The molecule has 4 N–H and O–H groups in total. The van der Waals surface area contributed by atoms with Crippen molar-refractivity contribution >= 4 is 14.1 Å². The molecule has 15 heteroatoms. The van der Waals surface area contributed by atoms with Gasteiger partial charge in [-0.2, -0.15) is 0 Å². The second-order valence-corrected chi connectivity index (χ2v) is 11.1. The van der Waals surface area contributed by atoms with Gasteiger partial charge < -0.3 is 0 Å². The Morgan fingerprint density at radius 2 is 2.00 bits per heavy atom. The summed E-state index contributed by atoms with van der Waals surface area (Å²) in [4.78, 5) is 53.2. The molecular formula is C25H30FN4O9P. The van der Waals surface area contributed by atoms with E-state index in [-0.39, 0.29) is 18.1 Å². The molecule has 1 aliphatic rings. The number of pyridine rings is 1. The van der Waals surface area contributed by atoms with Crippen LogP contribution < -0.4 is 20.9 Å². The number of benzene rings is 1. The van der Waals surface area contributed by atoms with Crippen LogP contribution in [0.3, 0.4) is 0 Å². The van der Waals surface area contributed by atoms with Crippen LogP contribution in [-0.4, -0.2) is 62.5 Å². The predicted molar refractivity (Wildman–Crippen MR) is 142 cm³/mol. The molecule has 3 heterocycles. The van der Waals surface area contributed by atoms with Crippen molar-refractivity contribution < 1.29 is 37.7 Å². The summed E-state index contributed by atoms with van der Waals surface area (Å²) in [5, 5.41) is 13.4. The fourth-order valence-electron chi connectivity index (χ4n) is 4.22. The zero-order valence-electron chi connectivity index (χ0n) is 21.8. The van der Waals surface area contributed by atoms with E-state index < -0.39 is 61.5 Å². The number of aromatic amines is 1. The first-order chi connectivity index (χ1) is 19.0. The summed E-state index contributed by atoms with van der Waals surface area (Å²) in [6.07, 6.45) is -0.338. The van der Waals surface area contributed by atoms with Gasteiger partial charge in [-0.05, 0) is 0 Å². The van der Waals surface area contributed by atoms with Crippen LogP contribution in [0.1, 0.15) is 20.1 Å². The Labute approximate surface area is 228 Å². The Hall–Kier alpha value is -3.52. The summed E-state index contributed by atoms with van der Waals surface area (Å²) in [6, 6.07) is 8.88. The van der Waals surface area contributed by atoms with Gasteiger partial charge in [0.05, 0.1) is 0 Å². The molecule has 0 amide bonds. The average molecular weight is 581 g/mol. The van der Waals surface area contributed by atoms with E-state index in [1.165, 1.54) is 62.8 Å². The van der Waals surface area contributed by atoms with E-state index in [9.17, 15) is 28.8 Å². The minimum atomic E-state index is -4.43. The van der Waals surface area contributed by atoms with Crippen molar-refractivity contribution in [2.24, 2.45) is 5.92 Å². The quantitative estimate of drug-likeness (QED) is 0.201. The number of nitrogens with zero attached hydrogens (tertiary/aromatic N) is 2. The number of hydrogen-bond acceptors (Lipinski definition) is 11. The van der Waals surface area contributed by atoms with Gasteiger partial charge >= 0.3 is 228 Å². The second-order valence-electron chi connectivity index (χ2n) is 9.17. The number of halogens is 1. The number of aliphatic hydroxyl groups excluding tert-OH is 1. The van der Waals surface area contributed by atoms with E-state index >= 15 is 0 Å². The maximum absolute atomic E-state index is 14.1. The molecule has 216 valence electrons. The first-order valence-electron chi connectivity index (χ1n) is 12.3. The van der Waals surface area contributed by atoms with Gasteiger partial charge in [-0.3, -0.25) is 0 Å². The number of H-pyrrole nitrogens is 1. The number of hydrogen-bond donors (Lipinski definition) is 4. The van der Waals surface area contributed by atoms with Crippen molar-refractivity contribution in [2.75, 3.05) is 13.7 Å². The molecule has 4 rings (SSSR count). The third-order valence-electron chi connectivity index (χ3n) is 6.35. The molecule has 3 aromatic rings. The van der Waals surface area contributed by atoms with Crippen LogP contribution >= 0.6 is 8.09 Å². The number of carbonyl (C=O) groups is 1. The first-order valence-corrected chi connectivity index (χ1v) is 14.0. The summed E-state index contributed by atoms with van der Waals surface area (Å²) >= 11 is 0. The zero-order valence-corrected chi connectivity index (χ0v) is 22.8. The normalized spacial score (nSPS) is 22.1. The summed E-state index contributed by atoms with van der Waals surface area (Å²) < 4.78 is 37.3. The SMILES string of the molecule is COC(=O)[C@H](C)N[PH](O)(OC[C@H]1O[C@@H](n2ccc(=O)[nH]c2=O)[C@@H](C)[C@@H]1O)Oc1ccc(-c2ncccc2F)cc1. The predicted octanol–water partition coefficient (Wildman–Crippen LogP) is 1.28. The van der Waals surface area contributed by atoms with Crippen molar-refractivity contribution in [3.63, 3.8) is 0 Å². The molecule has 0 bridgehead atoms. The summed E-state index contributed by atoms with van der Waals surface area (Å²) in [5.41, 5.74) is -0.695. The van der Waals surface area contributed by atoms with Gasteiger partial charge in [0.15, 0.2) is 0 Å². The molecule has 1 aliphatic heterocycles. The van der Waals surface area contributed by atoms with Crippen LogP contribution in [0, 0.1) is 11.7 Å². The Morgan fingerprint density at radius 3 is 2.65 bits per heavy atom. The van der Waals surface area contributed by atoms with Gasteiger partial charge in [0.25, 0.3) is 0 Å². The number of carbonyl (C=O) groups excluding carboxylic acids is 1. The van der Waals surface area contributed by atoms with Gasteiger partial charge in [-0.1, -0.05) is 0 Å². The van der Waals surface area contributed by atoms with Gasteiger partial charge in [-0.25, -0.2) is 0 Å². The van der Waals surface area contributed by atoms with Crippen LogP contribution in [0.15, 0.2) is 64.4 Å². The molecule has 13 nitrogen and oxygen atoms in total. The van der Waals surface area contributed by atoms with Gasteiger partial charge in [0, 0.05) is 0 Å². The van der Waals surface area contributed by atoms with Crippen LogP contribution in [0.25, 0.3) is 11.3 Å². The average Bonchev–Trinajstić information content (AvgIpc) is 3.21. The molecule has 0 saturated carbocycles. The number of aromatic nitrogens is 3. The molecule has 5 atom stereocenters. The Bertz CT molecular complexity index is 1450. The van der Waals surface area contributed by atoms with E-state index in [1.54, 1.807) is 6.92 Å². The fourth-order valence-corrected chi connectivity index (χ4v) is 5.93. The standard InChI is InChI=1S/C25H30FN4O9P/c1-14-22(32)19(38-23(14)30-12-10-20(31)28-25(30)34)13-37-40(35,29-15(2)24(33)36-3)39-17-8-6-16(7-9-17)21-18(26)5-4-11-27-21/h4-12,14-15,19,22-23,29,32,35,40H,13H2,1-3H3,(H,28,31,34)/t14-,15-,19+,22-,23+/m0/s1. The Morgan fingerprint density at radius 1 is 1.27 bits per heavy atom. The van der Waals surface area contributed by atoms with Gasteiger partial charge in [-0.15, -0.1) is 0 Å². The van der Waals surface area contributed by atoms with E-state index in [0.29, 0.717) is 5.56 Å². The molecule has 1 aromatic carbocycles. The fraction of sp³-hybridized carbons (Fsp3) is 0.360. The Kier molecular flexibility index (Phi) is 9.08. The molecule has 0 spiro atoms. The van der Waals surface area contributed by atoms with E-state index in [4.69, 9.17) is 18.5 Å². The minimum absolute atomic E-state index is 0.132. The summed E-state index contributed by atoms with van der Waals surface area (Å²) in [7, 11) is -3.24. The molecular weight excluding hydrogens is 550 g/mol. The van der Waals surface area contributed by atoms with Crippen molar-refractivity contribution in [3.05, 3.63) is 81.5 Å². The van der Waals surface area contributed by atoms with E-state index in [0.717, 1.165) is 10.6 Å². The third-order valence-corrected chi connectivity index (χ3v) is 8.22. The number of methoxy groups -OCH3 is 1. The van der Waals surface area contributed by atoms with Crippen LogP contribution in [0.5, 0.6) is 5.75 Å². The van der Waals surface area contributed by atoms with Crippen molar-refractivity contribution in [3.8, 4) is 17.0 Å². The topological polar surface area (TPSA) is 174 Å². The molecule has 0 aliphatic carbocycles. The molecule has 0 radical (unpaired) electrons. The number of nitrogens with one attached hydrogen (secondary N) is 2. The number of esters is 1. The zero-order chi connectivity index (χ0) is 29.0. The van der Waals surface area contributed by atoms with Crippen molar-refractivity contribution in [2.45, 2.75) is 38.3 Å². The monoisotopic (exact) mass is 580 g/mol. The van der Waals surface area contributed by atoms with Crippen molar-refractivity contribution in [1.29, 1.82) is 0 Å². The molecule has 2 aromatic heterocycles. The number of ether oxygens (including phenoxy) is 2. The molecule has 1 saturated heterocycles. The number of rotatable bonds is 10. The molecule has 0 unspecified atom stereocenters. The maximum atomic E-state index is 14.1. The first kappa shape index (κ1) is 29.5. The van der Waals surface area contributed by atoms with Crippen LogP contribution in [0.2, 0.25) is 0 Å². The van der Waals surface area contributed by atoms with E-state index in [1.807, 2.05) is 0 Å². The van der Waals surface area contributed by atoms with Gasteiger partial charge in [0.1, 0.15) is 0 Å².